The van der Waals surface area contributed by atoms with E-state index < -0.39 is 0 Å². The van der Waals surface area contributed by atoms with Crippen molar-refractivity contribution in [2.75, 3.05) is 0 Å². The second-order valence-electron chi connectivity index (χ2n) is 2.82. The van der Waals surface area contributed by atoms with Crippen molar-refractivity contribution >= 4 is 5.97 Å². The molecule has 1 aromatic rings. The van der Waals surface area contributed by atoms with Crippen LogP contribution in [0.1, 0.15) is 18.0 Å². The third-order valence-corrected chi connectivity index (χ3v) is 1.93. The molecule has 2 rings (SSSR count). The third-order valence-electron chi connectivity index (χ3n) is 1.93. The monoisotopic (exact) mass is 163 g/mol. The Bertz CT molecular complexity index is 322. The molecular weight excluding hydrogens is 154 g/mol. The number of rotatable bonds is 0. The molecule has 0 radical (unpaired) electrons. The smallest absolute Gasteiger partial charge is 0.313 e. The first-order valence-electron chi connectivity index (χ1n) is 3.82. The van der Waals surface area contributed by atoms with Gasteiger partial charge in [-0.05, 0) is 6.07 Å². The predicted molar refractivity (Wildman–Crippen MR) is 43.6 cm³/mol. The van der Waals surface area contributed by atoms with Crippen LogP contribution < -0.4 is 10.5 Å². The molecule has 0 aromatic heterocycles. The zero-order chi connectivity index (χ0) is 8.55. The lowest BCUT2D eigenvalue weighted by atomic mass is 10.0. The van der Waals surface area contributed by atoms with E-state index in [1.54, 1.807) is 6.07 Å². The van der Waals surface area contributed by atoms with Crippen LogP contribution in [0.5, 0.6) is 5.75 Å². The second-order valence-corrected chi connectivity index (χ2v) is 2.82. The van der Waals surface area contributed by atoms with Gasteiger partial charge in [0.25, 0.3) is 0 Å². The molecule has 1 unspecified atom stereocenters. The van der Waals surface area contributed by atoms with Gasteiger partial charge in [0.15, 0.2) is 0 Å². The average molecular weight is 163 g/mol. The maximum absolute atomic E-state index is 10.9. The number of carbonyl (C=O) groups excluding carboxylic acids is 1. The first-order chi connectivity index (χ1) is 5.77. The number of hydrogen-bond acceptors (Lipinski definition) is 3. The molecule has 1 aliphatic heterocycles. The van der Waals surface area contributed by atoms with E-state index in [0.29, 0.717) is 5.75 Å². The van der Waals surface area contributed by atoms with Gasteiger partial charge in [-0.2, -0.15) is 0 Å². The van der Waals surface area contributed by atoms with Crippen molar-refractivity contribution in [1.29, 1.82) is 0 Å². The minimum atomic E-state index is -0.249. The van der Waals surface area contributed by atoms with Gasteiger partial charge in [0.1, 0.15) is 5.75 Å². The summed E-state index contributed by atoms with van der Waals surface area (Å²) in [6, 6.07) is 7.14. The molecule has 1 aliphatic rings. The molecule has 0 saturated heterocycles. The number of benzene rings is 1. The Morgan fingerprint density at radius 2 is 2.17 bits per heavy atom. The van der Waals surface area contributed by atoms with Crippen LogP contribution in [0.25, 0.3) is 0 Å². The number of ether oxygens (including phenoxy) is 1. The molecule has 0 saturated carbocycles. The fourth-order valence-corrected chi connectivity index (χ4v) is 1.33. The molecule has 0 amide bonds. The number of fused-ring (bicyclic) bond motifs is 1. The Morgan fingerprint density at radius 3 is 3.00 bits per heavy atom. The zero-order valence-corrected chi connectivity index (χ0v) is 6.49. The highest BCUT2D eigenvalue weighted by molar-refractivity contribution is 5.76. The van der Waals surface area contributed by atoms with Gasteiger partial charge in [-0.25, -0.2) is 0 Å². The van der Waals surface area contributed by atoms with Crippen LogP contribution in [0.3, 0.4) is 0 Å². The van der Waals surface area contributed by atoms with Gasteiger partial charge in [-0.15, -0.1) is 0 Å². The number of para-hydroxylation sites is 1. The summed E-state index contributed by atoms with van der Waals surface area (Å²) < 4.78 is 4.98. The summed E-state index contributed by atoms with van der Waals surface area (Å²) in [7, 11) is 0. The van der Waals surface area contributed by atoms with Crippen LogP contribution in [0.15, 0.2) is 24.3 Å². The molecule has 3 nitrogen and oxygen atoms in total. The molecule has 62 valence electrons. The van der Waals surface area contributed by atoms with Crippen molar-refractivity contribution in [2.45, 2.75) is 12.5 Å². The molecule has 1 atom stereocenters. The Labute approximate surface area is 70.1 Å². The molecule has 1 heterocycles. The minimum absolute atomic E-state index is 0.206. The van der Waals surface area contributed by atoms with Crippen molar-refractivity contribution in [1.82, 2.24) is 0 Å². The fraction of sp³-hybridized carbons (Fsp3) is 0.222. The van der Waals surface area contributed by atoms with Crippen molar-refractivity contribution in [3.8, 4) is 5.75 Å². The Kier molecular flexibility index (Phi) is 1.59. The van der Waals surface area contributed by atoms with Crippen LogP contribution in [-0.4, -0.2) is 5.97 Å². The maximum Gasteiger partial charge on any atom is 0.313 e. The lowest BCUT2D eigenvalue weighted by Gasteiger charge is -2.20. The predicted octanol–water partition coefficient (Wildman–Crippen LogP) is 0.996. The lowest BCUT2D eigenvalue weighted by molar-refractivity contribution is -0.135. The molecule has 0 bridgehead atoms. The summed E-state index contributed by atoms with van der Waals surface area (Å²) in [5.41, 5.74) is 6.65. The van der Waals surface area contributed by atoms with Gasteiger partial charge < -0.3 is 10.5 Å². The maximum atomic E-state index is 10.9. The summed E-state index contributed by atoms with van der Waals surface area (Å²) in [5.74, 6) is 0.349. The zero-order valence-electron chi connectivity index (χ0n) is 6.49. The third kappa shape index (κ3) is 1.08. The van der Waals surface area contributed by atoms with E-state index in [-0.39, 0.29) is 18.4 Å². The van der Waals surface area contributed by atoms with Gasteiger partial charge in [-0.1, -0.05) is 18.2 Å². The van der Waals surface area contributed by atoms with Gasteiger partial charge in [0.2, 0.25) is 0 Å². The highest BCUT2D eigenvalue weighted by atomic mass is 16.5. The van der Waals surface area contributed by atoms with Crippen LogP contribution >= 0.6 is 0 Å². The minimum Gasteiger partial charge on any atom is -0.426 e. The lowest BCUT2D eigenvalue weighted by Crippen LogP contribution is -2.24. The highest BCUT2D eigenvalue weighted by Gasteiger charge is 2.22. The van der Waals surface area contributed by atoms with Gasteiger partial charge in [0, 0.05) is 11.6 Å². The van der Waals surface area contributed by atoms with Gasteiger partial charge >= 0.3 is 5.97 Å². The molecule has 2 N–H and O–H groups in total. The summed E-state index contributed by atoms with van der Waals surface area (Å²) in [5, 5.41) is 0. The van der Waals surface area contributed by atoms with Crippen molar-refractivity contribution in [3.63, 3.8) is 0 Å². The number of hydrogen-bond donors (Lipinski definition) is 1. The summed E-state index contributed by atoms with van der Waals surface area (Å²) in [4.78, 5) is 10.9. The summed E-state index contributed by atoms with van der Waals surface area (Å²) in [6.07, 6.45) is 0.275. The quantitative estimate of drug-likeness (QED) is 0.458. The second kappa shape index (κ2) is 2.60. The number of esters is 1. The molecule has 0 aliphatic carbocycles. The number of carbonyl (C=O) groups is 1. The van der Waals surface area contributed by atoms with Crippen LogP contribution in [0.4, 0.5) is 0 Å². The van der Waals surface area contributed by atoms with Crippen LogP contribution in [0, 0.1) is 0 Å². The molecule has 0 fully saturated rings. The summed E-state index contributed by atoms with van der Waals surface area (Å²) >= 11 is 0. The van der Waals surface area contributed by atoms with Crippen LogP contribution in [0.2, 0.25) is 0 Å². The fourth-order valence-electron chi connectivity index (χ4n) is 1.33. The van der Waals surface area contributed by atoms with Crippen molar-refractivity contribution in [2.24, 2.45) is 5.73 Å². The topological polar surface area (TPSA) is 52.3 Å². The van der Waals surface area contributed by atoms with E-state index in [1.807, 2.05) is 18.2 Å². The molecule has 0 spiro atoms. The van der Waals surface area contributed by atoms with E-state index in [0.717, 1.165) is 5.56 Å². The number of nitrogens with two attached hydrogens (primary N) is 1. The standard InChI is InChI=1S/C9H9NO2/c10-7-5-9(11)12-8-4-2-1-3-6(7)8/h1-4,7H,5,10H2. The molecular formula is C9H9NO2. The SMILES string of the molecule is NC1CC(=O)Oc2ccccc21. The van der Waals surface area contributed by atoms with E-state index in [2.05, 4.69) is 0 Å². The highest BCUT2D eigenvalue weighted by Crippen LogP contribution is 2.30. The molecule has 12 heavy (non-hydrogen) atoms. The molecule has 3 heteroatoms. The first-order valence-corrected chi connectivity index (χ1v) is 3.82. The van der Waals surface area contributed by atoms with E-state index >= 15 is 0 Å². The van der Waals surface area contributed by atoms with Crippen LogP contribution in [-0.2, 0) is 4.79 Å². The van der Waals surface area contributed by atoms with E-state index in [9.17, 15) is 4.79 Å². The summed E-state index contributed by atoms with van der Waals surface area (Å²) in [6.45, 7) is 0. The Balaban J connectivity index is 2.47. The van der Waals surface area contributed by atoms with Crippen molar-refractivity contribution in [3.05, 3.63) is 29.8 Å². The Hall–Kier alpha value is -1.35. The van der Waals surface area contributed by atoms with Gasteiger partial charge in [-0.3, -0.25) is 4.79 Å². The average Bonchev–Trinajstić information content (AvgIpc) is 2.04. The normalized spacial score (nSPS) is 21.4. The van der Waals surface area contributed by atoms with E-state index in [4.69, 9.17) is 10.5 Å². The van der Waals surface area contributed by atoms with Gasteiger partial charge in [0.05, 0.1) is 6.42 Å². The molecule has 1 aromatic carbocycles. The van der Waals surface area contributed by atoms with Crippen molar-refractivity contribution < 1.29 is 9.53 Å². The first kappa shape index (κ1) is 7.31. The largest absolute Gasteiger partial charge is 0.426 e. The van der Waals surface area contributed by atoms with E-state index in [1.165, 1.54) is 0 Å². The Morgan fingerprint density at radius 1 is 1.42 bits per heavy atom.